The number of rotatable bonds is 4. The van der Waals surface area contributed by atoms with Crippen LogP contribution >= 0.6 is 0 Å². The molecule has 0 bridgehead atoms. The first-order chi connectivity index (χ1) is 9.11. The Hall–Kier alpha value is -1.88. The van der Waals surface area contributed by atoms with Gasteiger partial charge >= 0.3 is 5.97 Å². The van der Waals surface area contributed by atoms with E-state index >= 15 is 0 Å². The molecule has 1 aliphatic heterocycles. The molecule has 1 aromatic carbocycles. The van der Waals surface area contributed by atoms with E-state index in [9.17, 15) is 9.59 Å². The highest BCUT2D eigenvalue weighted by Crippen LogP contribution is 2.12. The molecule has 1 aliphatic rings. The van der Waals surface area contributed by atoms with E-state index in [1.165, 1.54) is 12.1 Å². The van der Waals surface area contributed by atoms with E-state index in [1.54, 1.807) is 12.1 Å². The lowest BCUT2D eigenvalue weighted by molar-refractivity contribution is 0.0696. The zero-order valence-electron chi connectivity index (χ0n) is 10.8. The molecule has 3 N–H and O–H groups in total. The van der Waals surface area contributed by atoms with Gasteiger partial charge in [-0.3, -0.25) is 4.79 Å². The maximum Gasteiger partial charge on any atom is 0.335 e. The van der Waals surface area contributed by atoms with Gasteiger partial charge in [0, 0.05) is 17.6 Å². The van der Waals surface area contributed by atoms with Crippen LogP contribution < -0.4 is 10.6 Å². The van der Waals surface area contributed by atoms with Gasteiger partial charge in [-0.25, -0.2) is 4.79 Å². The molecule has 1 heterocycles. The van der Waals surface area contributed by atoms with Crippen molar-refractivity contribution < 1.29 is 14.7 Å². The maximum absolute atomic E-state index is 12.1. The quantitative estimate of drug-likeness (QED) is 0.763. The Morgan fingerprint density at radius 2 is 1.95 bits per heavy atom. The lowest BCUT2D eigenvalue weighted by Crippen LogP contribution is -2.43. The summed E-state index contributed by atoms with van der Waals surface area (Å²) in [7, 11) is 0. The molecule has 5 heteroatoms. The van der Waals surface area contributed by atoms with E-state index < -0.39 is 5.97 Å². The topological polar surface area (TPSA) is 78.4 Å². The second kappa shape index (κ2) is 5.84. The minimum absolute atomic E-state index is 0.149. The van der Waals surface area contributed by atoms with Crippen molar-refractivity contribution >= 4 is 11.9 Å². The second-order valence-electron chi connectivity index (χ2n) is 4.72. The van der Waals surface area contributed by atoms with Crippen molar-refractivity contribution in [2.45, 2.75) is 31.8 Å². The average molecular weight is 262 g/mol. The number of carbonyl (C=O) groups is 2. The number of aromatic carboxylic acids is 1. The molecule has 1 amide bonds. The minimum atomic E-state index is -0.988. The van der Waals surface area contributed by atoms with Gasteiger partial charge in [0.25, 0.3) is 5.91 Å². The van der Waals surface area contributed by atoms with Crippen molar-refractivity contribution in [2.75, 3.05) is 6.54 Å². The van der Waals surface area contributed by atoms with Crippen molar-refractivity contribution in [2.24, 2.45) is 0 Å². The van der Waals surface area contributed by atoms with Crippen LogP contribution in [0.1, 0.15) is 40.5 Å². The molecule has 2 rings (SSSR count). The van der Waals surface area contributed by atoms with Crippen LogP contribution in [0.5, 0.6) is 0 Å². The summed E-state index contributed by atoms with van der Waals surface area (Å²) in [5.74, 6) is -1.14. The third-order valence-electron chi connectivity index (χ3n) is 3.50. The number of carboxylic acids is 1. The van der Waals surface area contributed by atoms with E-state index in [-0.39, 0.29) is 17.5 Å². The van der Waals surface area contributed by atoms with Crippen LogP contribution in [0.4, 0.5) is 0 Å². The average Bonchev–Trinajstić information content (AvgIpc) is 2.86. The van der Waals surface area contributed by atoms with E-state index in [1.807, 2.05) is 0 Å². The molecule has 0 unspecified atom stereocenters. The molecule has 102 valence electrons. The summed E-state index contributed by atoms with van der Waals surface area (Å²) >= 11 is 0. The summed E-state index contributed by atoms with van der Waals surface area (Å²) in [6.45, 7) is 3.01. The Kier molecular flexibility index (Phi) is 4.16. The number of amides is 1. The van der Waals surface area contributed by atoms with Gasteiger partial charge in [-0.15, -0.1) is 0 Å². The summed E-state index contributed by atoms with van der Waals surface area (Å²) in [6, 6.07) is 6.45. The molecule has 19 heavy (non-hydrogen) atoms. The number of nitrogens with one attached hydrogen (secondary N) is 2. The van der Waals surface area contributed by atoms with Crippen LogP contribution in [0.25, 0.3) is 0 Å². The first kappa shape index (κ1) is 13.5. The van der Waals surface area contributed by atoms with Crippen molar-refractivity contribution in [3.8, 4) is 0 Å². The molecule has 0 radical (unpaired) electrons. The third-order valence-corrected chi connectivity index (χ3v) is 3.50. The summed E-state index contributed by atoms with van der Waals surface area (Å²) < 4.78 is 0. The number of hydrogen-bond donors (Lipinski definition) is 3. The number of benzene rings is 1. The molecule has 1 fully saturated rings. The molecule has 0 aromatic heterocycles. The third kappa shape index (κ3) is 3.12. The first-order valence-electron chi connectivity index (χ1n) is 6.49. The second-order valence-corrected chi connectivity index (χ2v) is 4.72. The highest BCUT2D eigenvalue weighted by atomic mass is 16.4. The van der Waals surface area contributed by atoms with Crippen LogP contribution in [0, 0.1) is 0 Å². The van der Waals surface area contributed by atoms with Crippen molar-refractivity contribution in [1.82, 2.24) is 10.6 Å². The van der Waals surface area contributed by atoms with E-state index in [0.717, 1.165) is 19.4 Å². The van der Waals surface area contributed by atoms with Crippen molar-refractivity contribution in [1.29, 1.82) is 0 Å². The SMILES string of the molecule is CC[C@@H]1NCC[C@H]1NC(=O)c1ccc(C(=O)O)cc1. The maximum atomic E-state index is 12.1. The smallest absolute Gasteiger partial charge is 0.335 e. The Balaban J connectivity index is 2.01. The Morgan fingerprint density at radius 1 is 1.32 bits per heavy atom. The highest BCUT2D eigenvalue weighted by Gasteiger charge is 2.26. The van der Waals surface area contributed by atoms with Crippen molar-refractivity contribution in [3.63, 3.8) is 0 Å². The predicted octanol–water partition coefficient (Wildman–Crippen LogP) is 1.26. The molecule has 5 nitrogen and oxygen atoms in total. The molecular weight excluding hydrogens is 244 g/mol. The summed E-state index contributed by atoms with van der Waals surface area (Å²) in [5.41, 5.74) is 0.678. The molecular formula is C14H18N2O3. The van der Waals surface area contributed by atoms with Gasteiger partial charge in [0.15, 0.2) is 0 Å². The van der Waals surface area contributed by atoms with Crippen molar-refractivity contribution in [3.05, 3.63) is 35.4 Å². The zero-order valence-corrected chi connectivity index (χ0v) is 10.8. The Bertz CT molecular complexity index is 470. The molecule has 1 saturated heterocycles. The monoisotopic (exact) mass is 262 g/mol. The van der Waals surface area contributed by atoms with E-state index in [0.29, 0.717) is 11.6 Å². The minimum Gasteiger partial charge on any atom is -0.478 e. The summed E-state index contributed by atoms with van der Waals surface area (Å²) in [4.78, 5) is 22.8. The number of carboxylic acid groups (broad SMARTS) is 1. The fourth-order valence-corrected chi connectivity index (χ4v) is 2.39. The van der Waals surface area contributed by atoms with Crippen LogP contribution in [0.2, 0.25) is 0 Å². The molecule has 0 spiro atoms. The van der Waals surface area contributed by atoms with Crippen LogP contribution in [-0.4, -0.2) is 35.6 Å². The van der Waals surface area contributed by atoms with Crippen LogP contribution in [0.15, 0.2) is 24.3 Å². The van der Waals surface area contributed by atoms with Gasteiger partial charge in [-0.05, 0) is 43.7 Å². The van der Waals surface area contributed by atoms with Gasteiger partial charge in [0.2, 0.25) is 0 Å². The van der Waals surface area contributed by atoms with Crippen LogP contribution in [-0.2, 0) is 0 Å². The van der Waals surface area contributed by atoms with Gasteiger partial charge in [-0.2, -0.15) is 0 Å². The fraction of sp³-hybridized carbons (Fsp3) is 0.429. The lowest BCUT2D eigenvalue weighted by atomic mass is 10.1. The normalized spacial score (nSPS) is 22.2. The molecule has 1 aromatic rings. The molecule has 2 atom stereocenters. The molecule has 0 saturated carbocycles. The van der Waals surface area contributed by atoms with Gasteiger partial charge < -0.3 is 15.7 Å². The predicted molar refractivity (Wildman–Crippen MR) is 71.4 cm³/mol. The zero-order chi connectivity index (χ0) is 13.8. The Morgan fingerprint density at radius 3 is 2.53 bits per heavy atom. The largest absolute Gasteiger partial charge is 0.478 e. The first-order valence-corrected chi connectivity index (χ1v) is 6.49. The van der Waals surface area contributed by atoms with E-state index in [2.05, 4.69) is 17.6 Å². The van der Waals surface area contributed by atoms with E-state index in [4.69, 9.17) is 5.11 Å². The fourth-order valence-electron chi connectivity index (χ4n) is 2.39. The highest BCUT2D eigenvalue weighted by molar-refractivity contribution is 5.96. The number of hydrogen-bond acceptors (Lipinski definition) is 3. The Labute approximate surface area is 112 Å². The summed E-state index contributed by atoms with van der Waals surface area (Å²) in [5, 5.41) is 15.1. The summed E-state index contributed by atoms with van der Waals surface area (Å²) in [6.07, 6.45) is 1.90. The standard InChI is InChI=1S/C14H18N2O3/c1-2-11-12(7-8-15-11)16-13(17)9-3-5-10(6-4-9)14(18)19/h3-6,11-12,15H,2,7-8H2,1H3,(H,16,17)(H,18,19)/t11-,12+/m0/s1. The lowest BCUT2D eigenvalue weighted by Gasteiger charge is -2.19. The number of carbonyl (C=O) groups excluding carboxylic acids is 1. The molecule has 0 aliphatic carbocycles. The van der Waals surface area contributed by atoms with Gasteiger partial charge in [-0.1, -0.05) is 6.92 Å². The van der Waals surface area contributed by atoms with Gasteiger partial charge in [0.05, 0.1) is 5.56 Å². The van der Waals surface area contributed by atoms with Gasteiger partial charge in [0.1, 0.15) is 0 Å². The van der Waals surface area contributed by atoms with Crippen LogP contribution in [0.3, 0.4) is 0 Å².